The lowest BCUT2D eigenvalue weighted by atomic mass is 10.1. The second-order valence-corrected chi connectivity index (χ2v) is 6.50. The van der Waals surface area contributed by atoms with Gasteiger partial charge in [0, 0.05) is 6.04 Å². The van der Waals surface area contributed by atoms with Crippen molar-refractivity contribution < 1.29 is 9.47 Å². The van der Waals surface area contributed by atoms with Crippen LogP contribution in [-0.2, 0) is 11.2 Å². The summed E-state index contributed by atoms with van der Waals surface area (Å²) in [5.74, 6) is 0.864. The van der Waals surface area contributed by atoms with Gasteiger partial charge in [-0.2, -0.15) is 0 Å². The number of ether oxygens (including phenoxy) is 2. The van der Waals surface area contributed by atoms with E-state index >= 15 is 0 Å². The van der Waals surface area contributed by atoms with Crippen LogP contribution in [0.15, 0.2) is 60.7 Å². The molecular formula is C20H23NO2S. The second-order valence-electron chi connectivity index (χ2n) is 6.16. The Kier molecular flexibility index (Phi) is 5.70. The fourth-order valence-electron chi connectivity index (χ4n) is 2.87. The quantitative estimate of drug-likeness (QED) is 0.708. The van der Waals surface area contributed by atoms with E-state index in [9.17, 15) is 0 Å². The topological polar surface area (TPSA) is 21.7 Å². The Morgan fingerprint density at radius 1 is 1.12 bits per heavy atom. The van der Waals surface area contributed by atoms with Crippen molar-refractivity contribution >= 4 is 17.4 Å². The van der Waals surface area contributed by atoms with Crippen molar-refractivity contribution in [1.82, 2.24) is 4.90 Å². The fraction of sp³-hybridized carbons (Fsp3) is 0.350. The summed E-state index contributed by atoms with van der Waals surface area (Å²) in [5, 5.41) is 0.595. The number of rotatable bonds is 7. The van der Waals surface area contributed by atoms with Crippen LogP contribution in [0, 0.1) is 0 Å². The Morgan fingerprint density at radius 2 is 1.79 bits per heavy atom. The third-order valence-corrected chi connectivity index (χ3v) is 4.64. The molecule has 0 bridgehead atoms. The maximum atomic E-state index is 5.80. The number of nitrogens with zero attached hydrogens (tertiary/aromatic N) is 1. The summed E-state index contributed by atoms with van der Waals surface area (Å²) in [5.41, 5.74) is 1.36. The molecule has 2 aromatic carbocycles. The molecule has 1 heterocycles. The van der Waals surface area contributed by atoms with E-state index in [0.29, 0.717) is 17.8 Å². The lowest BCUT2D eigenvalue weighted by molar-refractivity contribution is 0.147. The van der Waals surface area contributed by atoms with Gasteiger partial charge < -0.3 is 14.4 Å². The van der Waals surface area contributed by atoms with Crippen LogP contribution in [0.3, 0.4) is 0 Å². The molecule has 3 nitrogen and oxygen atoms in total. The number of benzene rings is 2. The highest BCUT2D eigenvalue weighted by atomic mass is 32.1. The van der Waals surface area contributed by atoms with Crippen LogP contribution in [0.4, 0.5) is 0 Å². The van der Waals surface area contributed by atoms with Gasteiger partial charge in [-0.25, -0.2) is 0 Å². The van der Waals surface area contributed by atoms with E-state index < -0.39 is 0 Å². The van der Waals surface area contributed by atoms with Crippen molar-refractivity contribution in [2.24, 2.45) is 0 Å². The van der Waals surface area contributed by atoms with Crippen LogP contribution in [0.2, 0.25) is 0 Å². The van der Waals surface area contributed by atoms with Crippen molar-refractivity contribution in [2.75, 3.05) is 13.2 Å². The third kappa shape index (κ3) is 4.48. The predicted octanol–water partition coefficient (Wildman–Crippen LogP) is 4.07. The van der Waals surface area contributed by atoms with Gasteiger partial charge in [0.05, 0.1) is 6.54 Å². The average Bonchev–Trinajstić information content (AvgIpc) is 3.00. The molecule has 0 N–H and O–H groups in total. The maximum absolute atomic E-state index is 5.80. The smallest absolute Gasteiger partial charge is 0.260 e. The van der Waals surface area contributed by atoms with E-state index in [2.05, 4.69) is 36.1 Å². The lowest BCUT2D eigenvalue weighted by Crippen LogP contribution is -2.35. The Balaban J connectivity index is 1.47. The van der Waals surface area contributed by atoms with Crippen LogP contribution in [0.1, 0.15) is 18.9 Å². The zero-order valence-corrected chi connectivity index (χ0v) is 14.7. The Bertz CT molecular complexity index is 647. The molecule has 0 spiro atoms. The molecule has 0 aromatic heterocycles. The Hall–Kier alpha value is -2.07. The first-order valence-corrected chi connectivity index (χ1v) is 8.82. The van der Waals surface area contributed by atoms with Crippen LogP contribution < -0.4 is 4.74 Å². The van der Waals surface area contributed by atoms with Crippen LogP contribution in [-0.4, -0.2) is 35.4 Å². The van der Waals surface area contributed by atoms with E-state index in [1.165, 1.54) is 5.56 Å². The van der Waals surface area contributed by atoms with Crippen molar-refractivity contribution in [3.63, 3.8) is 0 Å². The first-order valence-electron chi connectivity index (χ1n) is 8.41. The Labute approximate surface area is 149 Å². The monoisotopic (exact) mass is 341 g/mol. The van der Waals surface area contributed by atoms with E-state index in [1.807, 2.05) is 36.4 Å². The van der Waals surface area contributed by atoms with Gasteiger partial charge in [0.15, 0.2) is 6.10 Å². The summed E-state index contributed by atoms with van der Waals surface area (Å²) in [6.07, 6.45) is 2.10. The average molecular weight is 341 g/mol. The summed E-state index contributed by atoms with van der Waals surface area (Å²) >= 11 is 5.40. The van der Waals surface area contributed by atoms with Gasteiger partial charge in [0.1, 0.15) is 12.4 Å². The van der Waals surface area contributed by atoms with Crippen molar-refractivity contribution in [3.8, 4) is 5.75 Å². The van der Waals surface area contributed by atoms with Gasteiger partial charge in [-0.05, 0) is 49.7 Å². The van der Waals surface area contributed by atoms with Crippen molar-refractivity contribution in [1.29, 1.82) is 0 Å². The normalized spacial score (nSPS) is 18.3. The molecule has 24 heavy (non-hydrogen) atoms. The number of thiocarbonyl (C=S) groups is 1. The molecule has 3 rings (SSSR count). The van der Waals surface area contributed by atoms with E-state index in [-0.39, 0.29) is 6.10 Å². The Morgan fingerprint density at radius 3 is 2.50 bits per heavy atom. The van der Waals surface area contributed by atoms with E-state index in [4.69, 9.17) is 21.7 Å². The predicted molar refractivity (Wildman–Crippen MR) is 100 cm³/mol. The SMILES string of the molecule is C[C@H](CCc1ccccc1)N1C[C@@H](COc2ccccc2)OC1=S. The third-order valence-electron chi connectivity index (χ3n) is 4.31. The van der Waals surface area contributed by atoms with E-state index in [0.717, 1.165) is 25.1 Å². The molecule has 0 amide bonds. The van der Waals surface area contributed by atoms with Gasteiger partial charge >= 0.3 is 0 Å². The number of hydrogen-bond donors (Lipinski definition) is 0. The fourth-order valence-corrected chi connectivity index (χ4v) is 3.26. The van der Waals surface area contributed by atoms with Gasteiger partial charge in [-0.1, -0.05) is 48.5 Å². The molecule has 0 saturated carbocycles. The van der Waals surface area contributed by atoms with Crippen molar-refractivity contribution in [3.05, 3.63) is 66.2 Å². The molecule has 1 aliphatic heterocycles. The first-order chi connectivity index (χ1) is 11.7. The van der Waals surface area contributed by atoms with Gasteiger partial charge in [0.2, 0.25) is 0 Å². The zero-order valence-electron chi connectivity index (χ0n) is 13.9. The van der Waals surface area contributed by atoms with Crippen LogP contribution in [0.25, 0.3) is 0 Å². The standard InChI is InChI=1S/C20H23NO2S/c1-16(12-13-17-8-4-2-5-9-17)21-14-19(23-20(21)24)15-22-18-10-6-3-7-11-18/h2-11,16,19H,12-15H2,1H3/t16-,19+/m1/s1. The van der Waals surface area contributed by atoms with Gasteiger partial charge in [-0.3, -0.25) is 0 Å². The second kappa shape index (κ2) is 8.15. The summed E-state index contributed by atoms with van der Waals surface area (Å²) < 4.78 is 11.6. The number of hydrogen-bond acceptors (Lipinski definition) is 3. The molecule has 0 aliphatic carbocycles. The molecule has 126 valence electrons. The summed E-state index contributed by atoms with van der Waals surface area (Å²) in [6.45, 7) is 3.52. The highest BCUT2D eigenvalue weighted by Gasteiger charge is 2.31. The minimum atomic E-state index is -0.00289. The number of aryl methyl sites for hydroxylation is 1. The molecule has 2 atom stereocenters. The van der Waals surface area contributed by atoms with Crippen LogP contribution in [0.5, 0.6) is 5.75 Å². The molecule has 1 saturated heterocycles. The molecule has 1 aliphatic rings. The first kappa shape index (κ1) is 16.8. The highest BCUT2D eigenvalue weighted by molar-refractivity contribution is 7.80. The maximum Gasteiger partial charge on any atom is 0.260 e. The minimum absolute atomic E-state index is 0.00289. The van der Waals surface area contributed by atoms with Crippen LogP contribution >= 0.6 is 12.2 Å². The molecule has 1 fully saturated rings. The molecule has 2 aromatic rings. The molecular weight excluding hydrogens is 318 g/mol. The zero-order chi connectivity index (χ0) is 16.8. The van der Waals surface area contributed by atoms with Gasteiger partial charge in [-0.15, -0.1) is 0 Å². The summed E-state index contributed by atoms with van der Waals surface area (Å²) in [4.78, 5) is 2.18. The highest BCUT2D eigenvalue weighted by Crippen LogP contribution is 2.19. The summed E-state index contributed by atoms with van der Waals surface area (Å²) in [7, 11) is 0. The minimum Gasteiger partial charge on any atom is -0.490 e. The van der Waals surface area contributed by atoms with Gasteiger partial charge in [0.25, 0.3) is 5.17 Å². The number of para-hydroxylation sites is 1. The van der Waals surface area contributed by atoms with Crippen molar-refractivity contribution in [2.45, 2.75) is 31.9 Å². The van der Waals surface area contributed by atoms with E-state index in [1.54, 1.807) is 0 Å². The largest absolute Gasteiger partial charge is 0.490 e. The molecule has 0 radical (unpaired) electrons. The lowest BCUT2D eigenvalue weighted by Gasteiger charge is -2.23. The molecule has 4 heteroatoms. The molecule has 0 unspecified atom stereocenters. The summed E-state index contributed by atoms with van der Waals surface area (Å²) in [6, 6.07) is 20.7.